The molecule has 0 atom stereocenters. The predicted octanol–water partition coefficient (Wildman–Crippen LogP) is 5.45. The van der Waals surface area contributed by atoms with E-state index in [1.165, 1.54) is 11.3 Å². The van der Waals surface area contributed by atoms with Crippen molar-refractivity contribution in [3.63, 3.8) is 0 Å². The molecule has 0 radical (unpaired) electrons. The molecule has 0 unspecified atom stereocenters. The van der Waals surface area contributed by atoms with Crippen LogP contribution in [0.4, 0.5) is 19.6 Å². The summed E-state index contributed by atoms with van der Waals surface area (Å²) < 4.78 is 31.6. The van der Waals surface area contributed by atoms with Gasteiger partial charge in [0.25, 0.3) is 0 Å². The standard InChI is InChI=1S/C21H13F2N3O2S/c22-16-8-7-13(10-17(16)23)20(27)28-15-5-3-4-14(11-15)25-21-26-19(12-29-21)18-6-1-2-9-24-18/h1-12H,(H,25,26). The van der Waals surface area contributed by atoms with E-state index in [4.69, 9.17) is 4.74 Å². The molecule has 5 nitrogen and oxygen atoms in total. The SMILES string of the molecule is O=C(Oc1cccc(Nc2nc(-c3ccccn3)cs2)c1)c1ccc(F)c(F)c1. The lowest BCUT2D eigenvalue weighted by atomic mass is 10.2. The van der Waals surface area contributed by atoms with E-state index in [2.05, 4.69) is 15.3 Å². The van der Waals surface area contributed by atoms with Gasteiger partial charge in [0.2, 0.25) is 0 Å². The summed E-state index contributed by atoms with van der Waals surface area (Å²) in [7, 11) is 0. The van der Waals surface area contributed by atoms with E-state index in [9.17, 15) is 13.6 Å². The quantitative estimate of drug-likeness (QED) is 0.351. The highest BCUT2D eigenvalue weighted by molar-refractivity contribution is 7.14. The van der Waals surface area contributed by atoms with Crippen molar-refractivity contribution >= 4 is 28.1 Å². The molecular weight excluding hydrogens is 396 g/mol. The van der Waals surface area contributed by atoms with E-state index in [-0.39, 0.29) is 11.3 Å². The second-order valence-corrected chi connectivity index (χ2v) is 6.78. The molecule has 4 aromatic rings. The molecular formula is C21H13F2N3O2S. The van der Waals surface area contributed by atoms with Gasteiger partial charge in [-0.1, -0.05) is 12.1 Å². The molecule has 8 heteroatoms. The highest BCUT2D eigenvalue weighted by Crippen LogP contribution is 2.27. The van der Waals surface area contributed by atoms with E-state index in [0.29, 0.717) is 10.8 Å². The Labute approximate surface area is 168 Å². The lowest BCUT2D eigenvalue weighted by molar-refractivity contribution is 0.0734. The van der Waals surface area contributed by atoms with Crippen LogP contribution >= 0.6 is 11.3 Å². The monoisotopic (exact) mass is 409 g/mol. The van der Waals surface area contributed by atoms with E-state index in [1.807, 2.05) is 23.6 Å². The Bertz CT molecular complexity index is 1170. The number of thiazole rings is 1. The number of carbonyl (C=O) groups excluding carboxylic acids is 1. The number of ether oxygens (including phenoxy) is 1. The number of anilines is 2. The van der Waals surface area contributed by atoms with Crippen LogP contribution in [0.5, 0.6) is 5.75 Å². The van der Waals surface area contributed by atoms with Gasteiger partial charge in [-0.25, -0.2) is 18.6 Å². The number of hydrogen-bond donors (Lipinski definition) is 1. The van der Waals surface area contributed by atoms with Gasteiger partial charge in [-0.3, -0.25) is 4.98 Å². The van der Waals surface area contributed by atoms with Gasteiger partial charge in [0.1, 0.15) is 11.4 Å². The summed E-state index contributed by atoms with van der Waals surface area (Å²) in [6.07, 6.45) is 1.70. The van der Waals surface area contributed by atoms with Crippen LogP contribution in [-0.4, -0.2) is 15.9 Å². The van der Waals surface area contributed by atoms with Crippen LogP contribution in [0.25, 0.3) is 11.4 Å². The third kappa shape index (κ3) is 4.44. The molecule has 144 valence electrons. The maximum Gasteiger partial charge on any atom is 0.343 e. The Morgan fingerprint density at radius 3 is 2.66 bits per heavy atom. The molecule has 2 aromatic carbocycles. The van der Waals surface area contributed by atoms with Gasteiger partial charge in [-0.05, 0) is 42.5 Å². The molecule has 0 aliphatic rings. The number of hydrogen-bond acceptors (Lipinski definition) is 6. The summed E-state index contributed by atoms with van der Waals surface area (Å²) >= 11 is 1.41. The van der Waals surface area contributed by atoms with E-state index < -0.39 is 17.6 Å². The number of nitrogens with zero attached hydrogens (tertiary/aromatic N) is 2. The number of esters is 1. The summed E-state index contributed by atoms with van der Waals surface area (Å²) in [4.78, 5) is 20.9. The van der Waals surface area contributed by atoms with Crippen molar-refractivity contribution in [2.75, 3.05) is 5.32 Å². The zero-order chi connectivity index (χ0) is 20.2. The number of rotatable bonds is 5. The van der Waals surface area contributed by atoms with Crippen molar-refractivity contribution in [2.45, 2.75) is 0 Å². The molecule has 1 N–H and O–H groups in total. The molecule has 29 heavy (non-hydrogen) atoms. The summed E-state index contributed by atoms with van der Waals surface area (Å²) in [6, 6.07) is 15.1. The van der Waals surface area contributed by atoms with E-state index in [1.54, 1.807) is 30.5 Å². The molecule has 0 bridgehead atoms. The first kappa shape index (κ1) is 18.7. The number of pyridine rings is 1. The van der Waals surface area contributed by atoms with Gasteiger partial charge in [-0.15, -0.1) is 11.3 Å². The Morgan fingerprint density at radius 1 is 0.966 bits per heavy atom. The van der Waals surface area contributed by atoms with E-state index in [0.717, 1.165) is 29.6 Å². The zero-order valence-electron chi connectivity index (χ0n) is 14.8. The molecule has 0 aliphatic carbocycles. The highest BCUT2D eigenvalue weighted by atomic mass is 32.1. The first-order chi connectivity index (χ1) is 14.1. The van der Waals surface area contributed by atoms with Crippen molar-refractivity contribution in [1.29, 1.82) is 0 Å². The van der Waals surface area contributed by atoms with Crippen LogP contribution in [-0.2, 0) is 0 Å². The summed E-state index contributed by atoms with van der Waals surface area (Å²) in [6.45, 7) is 0. The number of aromatic nitrogens is 2. The Balaban J connectivity index is 1.47. The number of halogens is 2. The van der Waals surface area contributed by atoms with Gasteiger partial charge < -0.3 is 10.1 Å². The maximum absolute atomic E-state index is 13.3. The third-order valence-electron chi connectivity index (χ3n) is 3.88. The minimum atomic E-state index is -1.11. The average molecular weight is 409 g/mol. The Morgan fingerprint density at radius 2 is 1.86 bits per heavy atom. The normalized spacial score (nSPS) is 10.6. The van der Waals surface area contributed by atoms with Crippen LogP contribution in [0.3, 0.4) is 0 Å². The minimum Gasteiger partial charge on any atom is -0.423 e. The minimum absolute atomic E-state index is 0.0813. The summed E-state index contributed by atoms with van der Waals surface area (Å²) in [5.41, 5.74) is 2.09. The predicted molar refractivity (Wildman–Crippen MR) is 106 cm³/mol. The Kier molecular flexibility index (Phi) is 5.26. The number of nitrogens with one attached hydrogen (secondary N) is 1. The summed E-state index contributed by atoms with van der Waals surface area (Å²) in [5.74, 6) is -2.66. The fourth-order valence-electron chi connectivity index (χ4n) is 2.51. The van der Waals surface area contributed by atoms with Gasteiger partial charge in [-0.2, -0.15) is 0 Å². The largest absolute Gasteiger partial charge is 0.423 e. The summed E-state index contributed by atoms with van der Waals surface area (Å²) in [5, 5.41) is 5.68. The van der Waals surface area contributed by atoms with Crippen molar-refractivity contribution in [3.8, 4) is 17.1 Å². The van der Waals surface area contributed by atoms with Gasteiger partial charge >= 0.3 is 5.97 Å². The molecule has 0 spiro atoms. The highest BCUT2D eigenvalue weighted by Gasteiger charge is 2.13. The van der Waals surface area contributed by atoms with Gasteiger partial charge in [0.15, 0.2) is 16.8 Å². The lowest BCUT2D eigenvalue weighted by Crippen LogP contribution is -2.09. The topological polar surface area (TPSA) is 64.1 Å². The second kappa shape index (κ2) is 8.15. The van der Waals surface area contributed by atoms with Crippen LogP contribution < -0.4 is 10.1 Å². The molecule has 4 rings (SSSR count). The van der Waals surface area contributed by atoms with Crippen LogP contribution in [0, 0.1) is 11.6 Å². The maximum atomic E-state index is 13.3. The van der Waals surface area contributed by atoms with Crippen molar-refractivity contribution in [3.05, 3.63) is 89.4 Å². The van der Waals surface area contributed by atoms with Crippen LogP contribution in [0.1, 0.15) is 10.4 Å². The Hall–Kier alpha value is -3.65. The molecule has 0 fully saturated rings. The molecule has 0 aliphatic heterocycles. The first-order valence-corrected chi connectivity index (χ1v) is 9.38. The lowest BCUT2D eigenvalue weighted by Gasteiger charge is -2.07. The zero-order valence-corrected chi connectivity index (χ0v) is 15.6. The molecule has 0 amide bonds. The van der Waals surface area contributed by atoms with Gasteiger partial charge in [0.05, 0.1) is 11.3 Å². The molecule has 0 saturated heterocycles. The van der Waals surface area contributed by atoms with Crippen molar-refractivity contribution in [2.24, 2.45) is 0 Å². The van der Waals surface area contributed by atoms with Crippen LogP contribution in [0.2, 0.25) is 0 Å². The van der Waals surface area contributed by atoms with Crippen molar-refractivity contribution < 1.29 is 18.3 Å². The molecule has 0 saturated carbocycles. The van der Waals surface area contributed by atoms with E-state index >= 15 is 0 Å². The number of carbonyl (C=O) groups is 1. The van der Waals surface area contributed by atoms with Crippen LogP contribution in [0.15, 0.2) is 72.2 Å². The fraction of sp³-hybridized carbons (Fsp3) is 0. The average Bonchev–Trinajstić information content (AvgIpc) is 3.19. The fourth-order valence-corrected chi connectivity index (χ4v) is 3.24. The second-order valence-electron chi connectivity index (χ2n) is 5.92. The third-order valence-corrected chi connectivity index (χ3v) is 4.64. The first-order valence-electron chi connectivity index (χ1n) is 8.50. The number of benzene rings is 2. The van der Waals surface area contributed by atoms with Crippen molar-refractivity contribution in [1.82, 2.24) is 9.97 Å². The van der Waals surface area contributed by atoms with Gasteiger partial charge in [0, 0.05) is 23.3 Å². The smallest absolute Gasteiger partial charge is 0.343 e. The molecule has 2 heterocycles. The molecule has 2 aromatic heterocycles.